The third kappa shape index (κ3) is 4.43. The van der Waals surface area contributed by atoms with Crippen LogP contribution in [-0.2, 0) is 16.0 Å². The number of nitrogens with one attached hydrogen (secondary N) is 1. The average Bonchev–Trinajstić information content (AvgIpc) is 3.21. The molecular weight excluding hydrogens is 380 g/mol. The molecule has 0 aliphatic rings. The van der Waals surface area contributed by atoms with Crippen molar-refractivity contribution in [2.24, 2.45) is 0 Å². The Labute approximate surface area is 166 Å². The number of esters is 1. The van der Waals surface area contributed by atoms with Gasteiger partial charge in [-0.2, -0.15) is 0 Å². The first-order valence-corrected chi connectivity index (χ1v) is 10.3. The zero-order chi connectivity index (χ0) is 19.4. The van der Waals surface area contributed by atoms with Crippen LogP contribution in [0, 0.1) is 13.8 Å². The van der Waals surface area contributed by atoms with Crippen LogP contribution in [0.5, 0.6) is 0 Å². The average molecular weight is 401 g/mol. The van der Waals surface area contributed by atoms with Crippen molar-refractivity contribution in [1.82, 2.24) is 4.98 Å². The lowest BCUT2D eigenvalue weighted by molar-refractivity contribution is -0.115. The maximum absolute atomic E-state index is 12.5. The van der Waals surface area contributed by atoms with E-state index in [9.17, 15) is 9.59 Å². The fraction of sp³-hybridized carbons (Fsp3) is 0.250. The third-order valence-electron chi connectivity index (χ3n) is 4.03. The van der Waals surface area contributed by atoms with E-state index in [1.54, 1.807) is 6.92 Å². The van der Waals surface area contributed by atoms with Crippen molar-refractivity contribution in [1.29, 1.82) is 0 Å². The van der Waals surface area contributed by atoms with Gasteiger partial charge in [0.1, 0.15) is 10.0 Å². The van der Waals surface area contributed by atoms with E-state index in [2.05, 4.69) is 10.3 Å². The molecule has 140 valence electrons. The molecule has 0 aliphatic heterocycles. The summed E-state index contributed by atoms with van der Waals surface area (Å²) in [5.41, 5.74) is 3.02. The summed E-state index contributed by atoms with van der Waals surface area (Å²) in [6.07, 6.45) is 0.154. The highest BCUT2D eigenvalue weighted by atomic mass is 32.1. The number of hydrogen-bond donors (Lipinski definition) is 1. The van der Waals surface area contributed by atoms with Crippen molar-refractivity contribution in [3.8, 4) is 10.6 Å². The number of rotatable bonds is 6. The summed E-state index contributed by atoms with van der Waals surface area (Å²) in [6.45, 7) is 5.84. The van der Waals surface area contributed by atoms with E-state index in [4.69, 9.17) is 4.74 Å². The zero-order valence-corrected chi connectivity index (χ0v) is 17.0. The van der Waals surface area contributed by atoms with Gasteiger partial charge in [-0.15, -0.1) is 22.7 Å². The summed E-state index contributed by atoms with van der Waals surface area (Å²) in [5, 5.41) is 6.16. The number of amides is 1. The van der Waals surface area contributed by atoms with E-state index in [0.29, 0.717) is 22.9 Å². The summed E-state index contributed by atoms with van der Waals surface area (Å²) >= 11 is 2.90. The molecule has 0 fully saturated rings. The Morgan fingerprint density at radius 3 is 2.63 bits per heavy atom. The number of carbonyl (C=O) groups is 2. The van der Waals surface area contributed by atoms with Crippen molar-refractivity contribution in [2.75, 3.05) is 11.9 Å². The Morgan fingerprint density at radius 1 is 1.19 bits per heavy atom. The number of hydrogen-bond acceptors (Lipinski definition) is 6. The van der Waals surface area contributed by atoms with Gasteiger partial charge in [-0.1, -0.05) is 30.3 Å². The molecule has 3 rings (SSSR count). The van der Waals surface area contributed by atoms with Gasteiger partial charge in [-0.25, -0.2) is 9.78 Å². The van der Waals surface area contributed by atoms with Crippen molar-refractivity contribution < 1.29 is 14.3 Å². The third-order valence-corrected chi connectivity index (χ3v) is 6.09. The molecule has 0 radical (unpaired) electrons. The van der Waals surface area contributed by atoms with Crippen molar-refractivity contribution in [3.05, 3.63) is 57.4 Å². The van der Waals surface area contributed by atoms with Crippen LogP contribution < -0.4 is 5.32 Å². The summed E-state index contributed by atoms with van der Waals surface area (Å²) in [6, 6.07) is 9.86. The highest BCUT2D eigenvalue weighted by Crippen LogP contribution is 2.33. The van der Waals surface area contributed by atoms with E-state index in [-0.39, 0.29) is 12.3 Å². The minimum Gasteiger partial charge on any atom is -0.462 e. The van der Waals surface area contributed by atoms with Crippen LogP contribution in [0.1, 0.15) is 33.4 Å². The molecule has 1 aromatic carbocycles. The van der Waals surface area contributed by atoms with Crippen molar-refractivity contribution in [3.63, 3.8) is 0 Å². The normalized spacial score (nSPS) is 10.6. The van der Waals surface area contributed by atoms with E-state index in [1.807, 2.05) is 49.6 Å². The molecule has 0 saturated heterocycles. The Kier molecular flexibility index (Phi) is 6.03. The minimum absolute atomic E-state index is 0.154. The van der Waals surface area contributed by atoms with Gasteiger partial charge in [0.15, 0.2) is 0 Å². The number of thiazole rings is 1. The first-order chi connectivity index (χ1) is 13.0. The maximum atomic E-state index is 12.5. The van der Waals surface area contributed by atoms with Gasteiger partial charge >= 0.3 is 5.97 Å². The first kappa shape index (κ1) is 19.3. The van der Waals surface area contributed by atoms with Crippen LogP contribution in [0.15, 0.2) is 35.7 Å². The second-order valence-corrected chi connectivity index (χ2v) is 8.03. The summed E-state index contributed by atoms with van der Waals surface area (Å²) in [4.78, 5) is 30.2. The number of aromatic nitrogens is 1. The topological polar surface area (TPSA) is 68.3 Å². The van der Waals surface area contributed by atoms with Crippen LogP contribution in [0.3, 0.4) is 0 Å². The number of anilines is 1. The molecule has 0 aliphatic carbocycles. The van der Waals surface area contributed by atoms with E-state index in [0.717, 1.165) is 21.0 Å². The molecule has 2 heterocycles. The second kappa shape index (κ2) is 8.45. The first-order valence-electron chi connectivity index (χ1n) is 8.56. The number of carbonyl (C=O) groups excluding carboxylic acids is 2. The summed E-state index contributed by atoms with van der Waals surface area (Å²) in [5.74, 6) is -0.610. The summed E-state index contributed by atoms with van der Waals surface area (Å²) in [7, 11) is 0. The molecule has 3 aromatic rings. The molecule has 1 N–H and O–H groups in total. The fourth-order valence-electron chi connectivity index (χ4n) is 2.60. The SMILES string of the molecule is CCOC(=O)c1c(NC(=O)Cc2csc(-c3ccccc3)n2)sc(C)c1C. The minimum atomic E-state index is -0.408. The number of nitrogens with zero attached hydrogens (tertiary/aromatic N) is 1. The van der Waals surface area contributed by atoms with E-state index >= 15 is 0 Å². The quantitative estimate of drug-likeness (QED) is 0.601. The largest absolute Gasteiger partial charge is 0.462 e. The van der Waals surface area contributed by atoms with Gasteiger partial charge in [0.2, 0.25) is 5.91 Å². The maximum Gasteiger partial charge on any atom is 0.341 e. The van der Waals surface area contributed by atoms with Crippen LogP contribution in [-0.4, -0.2) is 23.5 Å². The molecule has 2 aromatic heterocycles. The molecule has 0 spiro atoms. The van der Waals surface area contributed by atoms with Crippen molar-refractivity contribution >= 4 is 39.6 Å². The Morgan fingerprint density at radius 2 is 1.93 bits per heavy atom. The number of aryl methyl sites for hydroxylation is 1. The monoisotopic (exact) mass is 400 g/mol. The van der Waals surface area contributed by atoms with Gasteiger partial charge < -0.3 is 10.1 Å². The van der Waals surface area contributed by atoms with Gasteiger partial charge in [-0.3, -0.25) is 4.79 Å². The molecular formula is C20H20N2O3S2. The lowest BCUT2D eigenvalue weighted by atomic mass is 10.1. The predicted octanol–water partition coefficient (Wildman–Crippen LogP) is 4.85. The standard InChI is InChI=1S/C20H20N2O3S2/c1-4-25-20(24)17-12(2)13(3)27-19(17)22-16(23)10-15-11-26-18(21-15)14-8-6-5-7-9-14/h5-9,11H,4,10H2,1-3H3,(H,22,23). The zero-order valence-electron chi connectivity index (χ0n) is 15.4. The highest BCUT2D eigenvalue weighted by Gasteiger charge is 2.22. The number of ether oxygens (including phenoxy) is 1. The van der Waals surface area contributed by atoms with Crippen LogP contribution >= 0.6 is 22.7 Å². The molecule has 5 nitrogen and oxygen atoms in total. The Balaban J connectivity index is 1.73. The second-order valence-electron chi connectivity index (χ2n) is 5.94. The molecule has 0 atom stereocenters. The summed E-state index contributed by atoms with van der Waals surface area (Å²) < 4.78 is 5.12. The van der Waals surface area contributed by atoms with E-state index in [1.165, 1.54) is 22.7 Å². The molecule has 0 unspecified atom stereocenters. The lowest BCUT2D eigenvalue weighted by Crippen LogP contribution is -2.16. The smallest absolute Gasteiger partial charge is 0.341 e. The number of thiophene rings is 1. The number of benzene rings is 1. The molecule has 1 amide bonds. The van der Waals surface area contributed by atoms with Gasteiger partial charge in [0.25, 0.3) is 0 Å². The van der Waals surface area contributed by atoms with E-state index < -0.39 is 5.97 Å². The van der Waals surface area contributed by atoms with Crippen molar-refractivity contribution in [2.45, 2.75) is 27.2 Å². The molecule has 0 saturated carbocycles. The van der Waals surface area contributed by atoms with Crippen LogP contribution in [0.4, 0.5) is 5.00 Å². The van der Waals surface area contributed by atoms with Crippen LogP contribution in [0.2, 0.25) is 0 Å². The lowest BCUT2D eigenvalue weighted by Gasteiger charge is -2.06. The van der Waals surface area contributed by atoms with Crippen LogP contribution in [0.25, 0.3) is 10.6 Å². The Bertz CT molecular complexity index is 961. The molecule has 0 bridgehead atoms. The van der Waals surface area contributed by atoms with Gasteiger partial charge in [0.05, 0.1) is 24.3 Å². The molecule has 27 heavy (non-hydrogen) atoms. The Hall–Kier alpha value is -2.51. The predicted molar refractivity (Wildman–Crippen MR) is 110 cm³/mol. The van der Waals surface area contributed by atoms with Gasteiger partial charge in [0, 0.05) is 15.8 Å². The highest BCUT2D eigenvalue weighted by molar-refractivity contribution is 7.16. The van der Waals surface area contributed by atoms with Gasteiger partial charge in [-0.05, 0) is 26.3 Å². The molecule has 7 heteroatoms. The fourth-order valence-corrected chi connectivity index (χ4v) is 4.49.